The van der Waals surface area contributed by atoms with Gasteiger partial charge in [-0.25, -0.2) is 14.8 Å². The molecular formula is C25H21Cl2N3O5. The van der Waals surface area contributed by atoms with Crippen LogP contribution in [0.15, 0.2) is 48.7 Å². The maximum atomic E-state index is 13.5. The average Bonchev–Trinajstić information content (AvgIpc) is 3.11. The largest absolute Gasteiger partial charge is 0.480 e. The number of aliphatic carboxylic acids is 1. The van der Waals surface area contributed by atoms with Crippen LogP contribution in [0.1, 0.15) is 34.1 Å². The minimum Gasteiger partial charge on any atom is -0.480 e. The van der Waals surface area contributed by atoms with Crippen molar-refractivity contribution >= 4 is 46.1 Å². The summed E-state index contributed by atoms with van der Waals surface area (Å²) in [5.41, 5.74) is 3.00. The Morgan fingerprint density at radius 1 is 1.14 bits per heavy atom. The number of rotatable bonds is 8. The minimum absolute atomic E-state index is 0.232. The predicted molar refractivity (Wildman–Crippen MR) is 132 cm³/mol. The van der Waals surface area contributed by atoms with Crippen LogP contribution in [-0.4, -0.2) is 44.6 Å². The lowest BCUT2D eigenvalue weighted by Gasteiger charge is -2.14. The molecule has 0 spiro atoms. The lowest BCUT2D eigenvalue weighted by Crippen LogP contribution is -2.22. The summed E-state index contributed by atoms with van der Waals surface area (Å²) in [6.07, 6.45) is 0.449. The average molecular weight is 514 g/mol. The number of carbonyl (C=O) groups is 2. The molecule has 1 N–H and O–H groups in total. The van der Waals surface area contributed by atoms with E-state index in [-0.39, 0.29) is 18.2 Å². The van der Waals surface area contributed by atoms with Crippen LogP contribution in [0.3, 0.4) is 0 Å². The molecule has 0 amide bonds. The number of methoxy groups -OCH3 is 1. The van der Waals surface area contributed by atoms with Gasteiger partial charge in [0.25, 0.3) is 0 Å². The summed E-state index contributed by atoms with van der Waals surface area (Å²) in [6.45, 7) is 3.49. The number of fused-ring (bicyclic) bond motifs is 1. The molecule has 0 aliphatic carbocycles. The molecule has 10 heteroatoms. The standard InChI is InChI=1S/C25H21Cl2N3O5/c1-13-21(23(31)15-4-6-17(26)7-5-15)22-24(28-11-20(29-22)34-3)30(13)12-16-10-18(8-9-19(16)27)35-14(2)25(32)33/h4-11,14H,12H2,1-3H3,(H,32,33)/t14-/m0/s1. The second kappa shape index (κ2) is 9.93. The van der Waals surface area contributed by atoms with Crippen molar-refractivity contribution < 1.29 is 24.2 Å². The van der Waals surface area contributed by atoms with Gasteiger partial charge >= 0.3 is 5.97 Å². The van der Waals surface area contributed by atoms with Gasteiger partial charge in [0.15, 0.2) is 17.5 Å². The Labute approximate surface area is 211 Å². The van der Waals surface area contributed by atoms with E-state index in [2.05, 4.69) is 9.97 Å². The highest BCUT2D eigenvalue weighted by Gasteiger charge is 2.25. The summed E-state index contributed by atoms with van der Waals surface area (Å²) in [7, 11) is 1.48. The van der Waals surface area contributed by atoms with Crippen molar-refractivity contribution in [2.45, 2.75) is 26.5 Å². The van der Waals surface area contributed by atoms with Crippen molar-refractivity contribution in [3.8, 4) is 11.6 Å². The highest BCUT2D eigenvalue weighted by atomic mass is 35.5. The fourth-order valence-corrected chi connectivity index (χ4v) is 3.98. The fourth-order valence-electron chi connectivity index (χ4n) is 3.68. The molecule has 0 unspecified atom stereocenters. The Morgan fingerprint density at radius 3 is 2.51 bits per heavy atom. The summed E-state index contributed by atoms with van der Waals surface area (Å²) < 4.78 is 12.6. The van der Waals surface area contributed by atoms with Crippen LogP contribution in [0.2, 0.25) is 10.0 Å². The number of aromatic nitrogens is 3. The topological polar surface area (TPSA) is 104 Å². The van der Waals surface area contributed by atoms with Crippen molar-refractivity contribution in [3.05, 3.63) is 81.1 Å². The number of hydrogen-bond donors (Lipinski definition) is 1. The zero-order valence-electron chi connectivity index (χ0n) is 19.1. The second-order valence-corrected chi connectivity index (χ2v) is 8.66. The number of ketones is 1. The van der Waals surface area contributed by atoms with Crippen LogP contribution in [0, 0.1) is 6.92 Å². The molecule has 1 atom stereocenters. The van der Waals surface area contributed by atoms with Crippen molar-refractivity contribution in [3.63, 3.8) is 0 Å². The fraction of sp³-hybridized carbons (Fsp3) is 0.200. The summed E-state index contributed by atoms with van der Waals surface area (Å²) in [6, 6.07) is 11.5. The van der Waals surface area contributed by atoms with Crippen molar-refractivity contribution in [2.75, 3.05) is 7.11 Å². The molecular weight excluding hydrogens is 493 g/mol. The van der Waals surface area contributed by atoms with E-state index in [0.29, 0.717) is 49.3 Å². The third-order valence-electron chi connectivity index (χ3n) is 5.54. The molecule has 0 radical (unpaired) electrons. The maximum absolute atomic E-state index is 13.5. The van der Waals surface area contributed by atoms with Crippen LogP contribution >= 0.6 is 23.2 Å². The highest BCUT2D eigenvalue weighted by molar-refractivity contribution is 6.31. The summed E-state index contributed by atoms with van der Waals surface area (Å²) in [5, 5.41) is 10.1. The second-order valence-electron chi connectivity index (χ2n) is 7.82. The number of ether oxygens (including phenoxy) is 2. The SMILES string of the molecule is COc1cnc2c(n1)c(C(=O)c1ccc(Cl)cc1)c(C)n2Cc1cc(O[C@@H](C)C(=O)O)ccc1Cl. The maximum Gasteiger partial charge on any atom is 0.344 e. The molecule has 0 aliphatic rings. The van der Waals surface area contributed by atoms with E-state index >= 15 is 0 Å². The Balaban J connectivity index is 1.82. The van der Waals surface area contributed by atoms with Gasteiger partial charge in [-0.2, -0.15) is 0 Å². The van der Waals surface area contributed by atoms with E-state index in [9.17, 15) is 9.59 Å². The van der Waals surface area contributed by atoms with Gasteiger partial charge in [-0.3, -0.25) is 4.79 Å². The van der Waals surface area contributed by atoms with E-state index in [1.165, 1.54) is 20.2 Å². The number of nitrogens with zero attached hydrogens (tertiary/aromatic N) is 3. The van der Waals surface area contributed by atoms with Gasteiger partial charge in [0.2, 0.25) is 5.88 Å². The quantitative estimate of drug-likeness (QED) is 0.323. The predicted octanol–water partition coefficient (Wildman–Crippen LogP) is 5.19. The first kappa shape index (κ1) is 24.5. The molecule has 2 heterocycles. The van der Waals surface area contributed by atoms with E-state index in [4.69, 9.17) is 37.8 Å². The molecule has 2 aromatic carbocycles. The Hall–Kier alpha value is -3.62. The van der Waals surface area contributed by atoms with Gasteiger partial charge in [0, 0.05) is 21.3 Å². The van der Waals surface area contributed by atoms with Gasteiger partial charge in [0.1, 0.15) is 11.3 Å². The molecule has 180 valence electrons. The first-order valence-electron chi connectivity index (χ1n) is 10.6. The van der Waals surface area contributed by atoms with Gasteiger partial charge in [-0.15, -0.1) is 0 Å². The van der Waals surface area contributed by atoms with E-state index < -0.39 is 12.1 Å². The molecule has 0 bridgehead atoms. The Bertz CT molecular complexity index is 1430. The number of halogens is 2. The number of carboxylic acid groups (broad SMARTS) is 1. The number of hydrogen-bond acceptors (Lipinski definition) is 6. The molecule has 2 aromatic heterocycles. The highest BCUT2D eigenvalue weighted by Crippen LogP contribution is 2.31. The summed E-state index contributed by atoms with van der Waals surface area (Å²) in [5.74, 6) is -0.679. The normalized spacial score (nSPS) is 11.9. The molecule has 4 rings (SSSR count). The minimum atomic E-state index is -1.08. The molecule has 8 nitrogen and oxygen atoms in total. The van der Waals surface area contributed by atoms with Crippen LogP contribution in [-0.2, 0) is 11.3 Å². The number of benzene rings is 2. The molecule has 35 heavy (non-hydrogen) atoms. The monoisotopic (exact) mass is 513 g/mol. The van der Waals surface area contributed by atoms with Crippen molar-refractivity contribution in [1.82, 2.24) is 14.5 Å². The van der Waals surface area contributed by atoms with Crippen LogP contribution in [0.4, 0.5) is 0 Å². The summed E-state index contributed by atoms with van der Waals surface area (Å²) >= 11 is 12.4. The molecule has 0 fully saturated rings. The third kappa shape index (κ3) is 4.94. The van der Waals surface area contributed by atoms with Gasteiger partial charge < -0.3 is 19.1 Å². The number of carboxylic acids is 1. The zero-order valence-corrected chi connectivity index (χ0v) is 20.6. The first-order valence-corrected chi connectivity index (χ1v) is 11.3. The lowest BCUT2D eigenvalue weighted by atomic mass is 10.0. The molecule has 0 saturated heterocycles. The lowest BCUT2D eigenvalue weighted by molar-refractivity contribution is -0.144. The smallest absolute Gasteiger partial charge is 0.344 e. The van der Waals surface area contributed by atoms with E-state index in [1.807, 2.05) is 4.57 Å². The zero-order chi connectivity index (χ0) is 25.3. The molecule has 0 aliphatic heterocycles. The van der Waals surface area contributed by atoms with Gasteiger partial charge in [0.05, 0.1) is 25.4 Å². The first-order chi connectivity index (χ1) is 16.7. The third-order valence-corrected chi connectivity index (χ3v) is 6.16. The van der Waals surface area contributed by atoms with Crippen LogP contribution < -0.4 is 9.47 Å². The Morgan fingerprint density at radius 2 is 1.86 bits per heavy atom. The van der Waals surface area contributed by atoms with Crippen molar-refractivity contribution in [2.24, 2.45) is 0 Å². The van der Waals surface area contributed by atoms with Crippen molar-refractivity contribution in [1.29, 1.82) is 0 Å². The summed E-state index contributed by atoms with van der Waals surface area (Å²) in [4.78, 5) is 33.7. The van der Waals surface area contributed by atoms with Gasteiger partial charge in [-0.05, 0) is 61.9 Å². The van der Waals surface area contributed by atoms with Gasteiger partial charge in [-0.1, -0.05) is 23.2 Å². The molecule has 4 aromatic rings. The van der Waals surface area contributed by atoms with E-state index in [1.54, 1.807) is 49.4 Å². The number of carbonyl (C=O) groups excluding carboxylic acids is 1. The van der Waals surface area contributed by atoms with Crippen LogP contribution in [0.25, 0.3) is 11.2 Å². The van der Waals surface area contributed by atoms with Crippen LogP contribution in [0.5, 0.6) is 11.6 Å². The Kier molecular flexibility index (Phi) is 6.95. The van der Waals surface area contributed by atoms with E-state index in [0.717, 1.165) is 0 Å². The molecule has 0 saturated carbocycles.